The maximum atomic E-state index is 11.7. The minimum absolute atomic E-state index is 0.0217. The molecule has 4 nitrogen and oxygen atoms in total. The SMILES string of the molecule is CC(C)(C)NC(=O)CNC(=O)c1ccc(Br)cc1. The lowest BCUT2D eigenvalue weighted by Crippen LogP contribution is -2.45. The Kier molecular flexibility index (Phi) is 4.90. The third kappa shape index (κ3) is 5.31. The summed E-state index contributed by atoms with van der Waals surface area (Å²) in [4.78, 5) is 23.2. The molecule has 0 atom stereocenters. The molecule has 5 heteroatoms. The molecule has 0 aliphatic rings. The first-order chi connectivity index (χ1) is 8.28. The van der Waals surface area contributed by atoms with Crippen molar-refractivity contribution in [3.8, 4) is 0 Å². The summed E-state index contributed by atoms with van der Waals surface area (Å²) < 4.78 is 0.907. The molecule has 0 fully saturated rings. The van der Waals surface area contributed by atoms with Crippen LogP contribution in [-0.2, 0) is 4.79 Å². The quantitative estimate of drug-likeness (QED) is 0.898. The average molecular weight is 313 g/mol. The zero-order chi connectivity index (χ0) is 13.8. The van der Waals surface area contributed by atoms with Crippen molar-refractivity contribution in [2.75, 3.05) is 6.54 Å². The van der Waals surface area contributed by atoms with E-state index in [9.17, 15) is 9.59 Å². The first-order valence-corrected chi connectivity index (χ1v) is 6.42. The zero-order valence-electron chi connectivity index (χ0n) is 10.7. The normalized spacial score (nSPS) is 10.9. The van der Waals surface area contributed by atoms with Crippen LogP contribution in [0.3, 0.4) is 0 Å². The molecule has 2 N–H and O–H groups in total. The molecule has 0 saturated heterocycles. The number of nitrogens with one attached hydrogen (secondary N) is 2. The Hall–Kier alpha value is -1.36. The second-order valence-electron chi connectivity index (χ2n) is 4.99. The molecule has 1 rings (SSSR count). The van der Waals surface area contributed by atoms with E-state index in [1.54, 1.807) is 24.3 Å². The van der Waals surface area contributed by atoms with E-state index in [-0.39, 0.29) is 23.9 Å². The number of hydrogen-bond donors (Lipinski definition) is 2. The van der Waals surface area contributed by atoms with E-state index in [4.69, 9.17) is 0 Å². The molecule has 0 radical (unpaired) electrons. The summed E-state index contributed by atoms with van der Waals surface area (Å²) in [7, 11) is 0. The van der Waals surface area contributed by atoms with E-state index in [0.29, 0.717) is 5.56 Å². The highest BCUT2D eigenvalue weighted by Gasteiger charge is 2.14. The van der Waals surface area contributed by atoms with E-state index in [1.807, 2.05) is 20.8 Å². The maximum Gasteiger partial charge on any atom is 0.251 e. The molecular formula is C13H17BrN2O2. The van der Waals surface area contributed by atoms with Crippen molar-refractivity contribution in [2.45, 2.75) is 26.3 Å². The predicted molar refractivity (Wildman–Crippen MR) is 74.4 cm³/mol. The van der Waals surface area contributed by atoms with Gasteiger partial charge in [-0.25, -0.2) is 0 Å². The molecule has 1 aromatic rings. The fourth-order valence-electron chi connectivity index (χ4n) is 1.33. The largest absolute Gasteiger partial charge is 0.350 e. The molecule has 18 heavy (non-hydrogen) atoms. The number of amides is 2. The molecule has 0 saturated carbocycles. The van der Waals surface area contributed by atoms with Crippen molar-refractivity contribution in [1.29, 1.82) is 0 Å². The second kappa shape index (κ2) is 6.00. The van der Waals surface area contributed by atoms with Gasteiger partial charge in [-0.15, -0.1) is 0 Å². The fraction of sp³-hybridized carbons (Fsp3) is 0.385. The Labute approximate surface area is 115 Å². The first kappa shape index (κ1) is 14.7. The van der Waals surface area contributed by atoms with Gasteiger partial charge in [0.1, 0.15) is 0 Å². The third-order valence-corrected chi connectivity index (χ3v) is 2.56. The smallest absolute Gasteiger partial charge is 0.251 e. The molecular weight excluding hydrogens is 296 g/mol. The van der Waals surface area contributed by atoms with E-state index < -0.39 is 0 Å². The van der Waals surface area contributed by atoms with Crippen LogP contribution >= 0.6 is 15.9 Å². The lowest BCUT2D eigenvalue weighted by atomic mass is 10.1. The van der Waals surface area contributed by atoms with E-state index in [1.165, 1.54) is 0 Å². The van der Waals surface area contributed by atoms with Gasteiger partial charge in [-0.3, -0.25) is 9.59 Å². The Bertz CT molecular complexity index is 435. The van der Waals surface area contributed by atoms with Crippen LogP contribution in [-0.4, -0.2) is 23.9 Å². The van der Waals surface area contributed by atoms with Gasteiger partial charge >= 0.3 is 0 Å². The second-order valence-corrected chi connectivity index (χ2v) is 5.90. The van der Waals surface area contributed by atoms with Gasteiger partial charge in [-0.1, -0.05) is 15.9 Å². The Balaban J connectivity index is 2.47. The van der Waals surface area contributed by atoms with Crippen LogP contribution in [0.15, 0.2) is 28.7 Å². The fourth-order valence-corrected chi connectivity index (χ4v) is 1.59. The summed E-state index contributed by atoms with van der Waals surface area (Å²) in [5, 5.41) is 5.35. The summed E-state index contributed by atoms with van der Waals surface area (Å²) in [6.07, 6.45) is 0. The summed E-state index contributed by atoms with van der Waals surface area (Å²) >= 11 is 3.29. The molecule has 0 bridgehead atoms. The van der Waals surface area contributed by atoms with Gasteiger partial charge in [-0.05, 0) is 45.0 Å². The lowest BCUT2D eigenvalue weighted by Gasteiger charge is -2.20. The van der Waals surface area contributed by atoms with Crippen LogP contribution in [0, 0.1) is 0 Å². The number of carbonyl (C=O) groups is 2. The predicted octanol–water partition coefficient (Wildman–Crippen LogP) is 2.09. The third-order valence-electron chi connectivity index (χ3n) is 2.03. The van der Waals surface area contributed by atoms with Gasteiger partial charge in [0.2, 0.25) is 5.91 Å². The Morgan fingerprint density at radius 1 is 1.17 bits per heavy atom. The lowest BCUT2D eigenvalue weighted by molar-refractivity contribution is -0.121. The number of hydrogen-bond acceptors (Lipinski definition) is 2. The van der Waals surface area contributed by atoms with E-state index in [2.05, 4.69) is 26.6 Å². The first-order valence-electron chi connectivity index (χ1n) is 5.63. The van der Waals surface area contributed by atoms with Crippen LogP contribution in [0.2, 0.25) is 0 Å². The minimum atomic E-state index is -0.292. The van der Waals surface area contributed by atoms with Crippen molar-refractivity contribution < 1.29 is 9.59 Å². The summed E-state index contributed by atoms with van der Waals surface area (Å²) in [6, 6.07) is 6.95. The maximum absolute atomic E-state index is 11.7. The Morgan fingerprint density at radius 2 is 1.72 bits per heavy atom. The number of carbonyl (C=O) groups excluding carboxylic acids is 2. The monoisotopic (exact) mass is 312 g/mol. The topological polar surface area (TPSA) is 58.2 Å². The summed E-state index contributed by atoms with van der Waals surface area (Å²) in [5.74, 6) is -0.459. The molecule has 0 unspecified atom stereocenters. The van der Waals surface area contributed by atoms with Crippen LogP contribution in [0.4, 0.5) is 0 Å². The van der Waals surface area contributed by atoms with Gasteiger partial charge in [0, 0.05) is 15.6 Å². The molecule has 0 heterocycles. The summed E-state index contributed by atoms with van der Waals surface area (Å²) in [6.45, 7) is 5.65. The molecule has 1 aromatic carbocycles. The van der Waals surface area contributed by atoms with Crippen molar-refractivity contribution in [3.05, 3.63) is 34.3 Å². The Morgan fingerprint density at radius 3 is 2.22 bits per heavy atom. The van der Waals surface area contributed by atoms with Gasteiger partial charge in [0.15, 0.2) is 0 Å². The molecule has 0 aromatic heterocycles. The van der Waals surface area contributed by atoms with Gasteiger partial charge in [0.25, 0.3) is 5.91 Å². The molecule has 0 spiro atoms. The standard InChI is InChI=1S/C13H17BrN2O2/c1-13(2,3)16-11(17)8-15-12(18)9-4-6-10(14)7-5-9/h4-7H,8H2,1-3H3,(H,15,18)(H,16,17). The van der Waals surface area contributed by atoms with Gasteiger partial charge in [0.05, 0.1) is 6.54 Å². The van der Waals surface area contributed by atoms with Crippen LogP contribution in [0.1, 0.15) is 31.1 Å². The highest BCUT2D eigenvalue weighted by molar-refractivity contribution is 9.10. The summed E-state index contributed by atoms with van der Waals surface area (Å²) in [5.41, 5.74) is 0.237. The molecule has 0 aliphatic carbocycles. The van der Waals surface area contributed by atoms with Crippen LogP contribution in [0.25, 0.3) is 0 Å². The van der Waals surface area contributed by atoms with Crippen LogP contribution < -0.4 is 10.6 Å². The molecule has 0 aliphatic heterocycles. The minimum Gasteiger partial charge on any atom is -0.350 e. The number of halogens is 1. The average Bonchev–Trinajstić information content (AvgIpc) is 2.24. The van der Waals surface area contributed by atoms with Crippen LogP contribution in [0.5, 0.6) is 0 Å². The van der Waals surface area contributed by atoms with Gasteiger partial charge < -0.3 is 10.6 Å². The number of rotatable bonds is 3. The van der Waals surface area contributed by atoms with Crippen molar-refractivity contribution in [3.63, 3.8) is 0 Å². The van der Waals surface area contributed by atoms with Crippen molar-refractivity contribution in [1.82, 2.24) is 10.6 Å². The highest BCUT2D eigenvalue weighted by atomic mass is 79.9. The molecule has 2 amide bonds. The number of benzene rings is 1. The molecule has 98 valence electrons. The van der Waals surface area contributed by atoms with E-state index >= 15 is 0 Å². The van der Waals surface area contributed by atoms with Gasteiger partial charge in [-0.2, -0.15) is 0 Å². The van der Waals surface area contributed by atoms with E-state index in [0.717, 1.165) is 4.47 Å². The zero-order valence-corrected chi connectivity index (χ0v) is 12.3. The highest BCUT2D eigenvalue weighted by Crippen LogP contribution is 2.10. The van der Waals surface area contributed by atoms with Crippen molar-refractivity contribution >= 4 is 27.7 Å². The van der Waals surface area contributed by atoms with Crippen molar-refractivity contribution in [2.24, 2.45) is 0 Å².